The molecule has 154 valence electrons. The molecule has 0 heterocycles. The Bertz CT molecular complexity index is 1010. The third-order valence-electron chi connectivity index (χ3n) is 8.22. The molecule has 4 aliphatic carbocycles. The van der Waals surface area contributed by atoms with E-state index in [2.05, 4.69) is 0 Å². The molecule has 28 heavy (non-hydrogen) atoms. The lowest BCUT2D eigenvalue weighted by Gasteiger charge is -2.62. The standard InChI is InChI=1S/C22H29FO5/c1-12-8-16-15-5-4-13-9-14(25)6-7-19(13,2)21(15,23)17(26)10-20(16,3)22(12,28)18(27)11-24/h6-7,9,12,15-17,24,26,28H,4-5,8,10-11H2,1-3H3/t12-,15+,16+,17+,19+,20+,21+,22+/m1/s1/i4D2,9D,11D2. The van der Waals surface area contributed by atoms with E-state index in [1.807, 2.05) is 0 Å². The maximum atomic E-state index is 17.2. The zero-order valence-electron chi connectivity index (χ0n) is 21.1. The molecule has 0 aromatic heterocycles. The van der Waals surface area contributed by atoms with Crippen LogP contribution in [0.4, 0.5) is 4.39 Å². The van der Waals surface area contributed by atoms with Gasteiger partial charge in [-0.2, -0.15) is 0 Å². The first-order chi connectivity index (χ1) is 14.8. The smallest absolute Gasteiger partial charge is 0.190 e. The number of halogens is 1. The molecule has 0 spiro atoms. The van der Waals surface area contributed by atoms with E-state index in [0.29, 0.717) is 0 Å². The van der Waals surface area contributed by atoms with Crippen LogP contribution < -0.4 is 0 Å². The predicted molar refractivity (Wildman–Crippen MR) is 99.9 cm³/mol. The average Bonchev–Trinajstić information content (AvgIpc) is 2.87. The van der Waals surface area contributed by atoms with Crippen molar-refractivity contribution < 1.29 is 36.2 Å². The highest BCUT2D eigenvalue weighted by Gasteiger charge is 2.75. The molecule has 0 aliphatic heterocycles. The van der Waals surface area contributed by atoms with E-state index >= 15 is 4.39 Å². The van der Waals surface area contributed by atoms with E-state index in [1.54, 1.807) is 0 Å². The number of carbonyl (C=O) groups is 2. The van der Waals surface area contributed by atoms with Crippen LogP contribution in [0.5, 0.6) is 0 Å². The molecule has 0 unspecified atom stereocenters. The van der Waals surface area contributed by atoms with Crippen molar-refractivity contribution in [1.82, 2.24) is 0 Å². The summed E-state index contributed by atoms with van der Waals surface area (Å²) in [5, 5.41) is 32.5. The number of allylic oxidation sites excluding steroid dienone is 4. The SMILES string of the molecule is [2H]C1=C2C([2H])([2H])C[C@H]3[C@@H]4C[C@@H](C)[C@](O)(C(=O)C([2H])([2H])O)[C@@]4(C)C[C@H](O)[C@]3(F)[C@@]2(C)C=CC1=O. The number of alkyl halides is 1. The number of hydrogen-bond acceptors (Lipinski definition) is 5. The van der Waals surface area contributed by atoms with Crippen molar-refractivity contribution in [3.8, 4) is 0 Å². The van der Waals surface area contributed by atoms with E-state index in [9.17, 15) is 24.9 Å². The molecule has 0 bridgehead atoms. The second-order valence-corrected chi connectivity index (χ2v) is 9.24. The Kier molecular flexibility index (Phi) is 3.04. The average molecular weight is 397 g/mol. The molecule has 4 rings (SSSR count). The Morgan fingerprint density at radius 3 is 2.79 bits per heavy atom. The normalized spacial score (nSPS) is 57.8. The molecule has 8 atom stereocenters. The highest BCUT2D eigenvalue weighted by molar-refractivity contribution is 6.01. The van der Waals surface area contributed by atoms with Gasteiger partial charge in [-0.25, -0.2) is 4.39 Å². The number of fused-ring (bicyclic) bond motifs is 5. The quantitative estimate of drug-likeness (QED) is 0.662. The van der Waals surface area contributed by atoms with Crippen LogP contribution in [-0.2, 0) is 9.59 Å². The predicted octanol–water partition coefficient (Wildman–Crippen LogP) is 1.90. The van der Waals surface area contributed by atoms with Gasteiger partial charge in [-0.1, -0.05) is 25.5 Å². The molecular weight excluding hydrogens is 363 g/mol. The van der Waals surface area contributed by atoms with Crippen LogP contribution in [0, 0.1) is 28.6 Å². The first-order valence-electron chi connectivity index (χ1n) is 12.1. The Hall–Kier alpha value is -1.37. The Balaban J connectivity index is 1.93. The Morgan fingerprint density at radius 2 is 2.14 bits per heavy atom. The van der Waals surface area contributed by atoms with Gasteiger partial charge in [-0.3, -0.25) is 9.59 Å². The molecular formula is C22H29FO5. The summed E-state index contributed by atoms with van der Waals surface area (Å²) in [7, 11) is 0. The van der Waals surface area contributed by atoms with Crippen molar-refractivity contribution in [2.24, 2.45) is 28.6 Å². The van der Waals surface area contributed by atoms with E-state index in [0.717, 1.165) is 6.08 Å². The molecule has 0 amide bonds. The molecule has 0 saturated heterocycles. The molecule has 0 radical (unpaired) electrons. The highest BCUT2D eigenvalue weighted by atomic mass is 19.1. The summed E-state index contributed by atoms with van der Waals surface area (Å²) >= 11 is 0. The third kappa shape index (κ3) is 2.01. The van der Waals surface area contributed by atoms with Crippen LogP contribution in [-0.4, -0.2) is 50.8 Å². The number of aliphatic hydroxyl groups is 3. The zero-order chi connectivity index (χ0) is 25.2. The molecule has 3 saturated carbocycles. The van der Waals surface area contributed by atoms with E-state index < -0.39 is 89.3 Å². The van der Waals surface area contributed by atoms with Gasteiger partial charge < -0.3 is 15.3 Å². The van der Waals surface area contributed by atoms with Gasteiger partial charge in [0.15, 0.2) is 17.2 Å². The lowest BCUT2D eigenvalue weighted by Crippen LogP contribution is -2.69. The molecule has 3 fully saturated rings. The van der Waals surface area contributed by atoms with Gasteiger partial charge in [0.05, 0.1) is 10.2 Å². The Labute approximate surface area is 171 Å². The van der Waals surface area contributed by atoms with Crippen molar-refractivity contribution >= 4 is 11.6 Å². The summed E-state index contributed by atoms with van der Waals surface area (Å²) in [4.78, 5) is 25.0. The van der Waals surface area contributed by atoms with Crippen molar-refractivity contribution in [2.75, 3.05) is 6.56 Å². The van der Waals surface area contributed by atoms with E-state index in [1.165, 1.54) is 26.8 Å². The maximum absolute atomic E-state index is 17.2. The minimum Gasteiger partial charge on any atom is -0.390 e. The fourth-order valence-corrected chi connectivity index (χ4v) is 6.63. The number of carbonyl (C=O) groups excluding carboxylic acids is 2. The molecule has 3 N–H and O–H groups in total. The van der Waals surface area contributed by atoms with Crippen LogP contribution in [0.25, 0.3) is 0 Å². The van der Waals surface area contributed by atoms with Crippen LogP contribution in [0.2, 0.25) is 0 Å². The summed E-state index contributed by atoms with van der Waals surface area (Å²) in [5.41, 5.74) is -8.61. The molecule has 0 aromatic carbocycles. The fourth-order valence-electron chi connectivity index (χ4n) is 6.63. The van der Waals surface area contributed by atoms with Crippen LogP contribution in [0.15, 0.2) is 23.8 Å². The van der Waals surface area contributed by atoms with Crippen molar-refractivity contribution in [3.05, 3.63) is 23.8 Å². The number of Topliss-reactive ketones (excluding diaryl/α,β-unsaturated/α-hetero) is 1. The second-order valence-electron chi connectivity index (χ2n) is 9.24. The summed E-state index contributed by atoms with van der Waals surface area (Å²) < 4.78 is 57.7. The van der Waals surface area contributed by atoms with Crippen molar-refractivity contribution in [3.63, 3.8) is 0 Å². The molecule has 5 nitrogen and oxygen atoms in total. The van der Waals surface area contributed by atoms with E-state index in [-0.39, 0.29) is 12.0 Å². The summed E-state index contributed by atoms with van der Waals surface area (Å²) in [6, 6.07) is -0.638. The largest absolute Gasteiger partial charge is 0.390 e. The van der Waals surface area contributed by atoms with Gasteiger partial charge in [-0.05, 0) is 56.5 Å². The number of aliphatic hydroxyl groups excluding tert-OH is 1. The monoisotopic (exact) mass is 397 g/mol. The van der Waals surface area contributed by atoms with Gasteiger partial charge in [0.25, 0.3) is 0 Å². The lowest BCUT2D eigenvalue weighted by atomic mass is 9.44. The first-order valence-corrected chi connectivity index (χ1v) is 9.62. The lowest BCUT2D eigenvalue weighted by molar-refractivity contribution is -0.219. The van der Waals surface area contributed by atoms with Crippen molar-refractivity contribution in [1.29, 1.82) is 0 Å². The topological polar surface area (TPSA) is 94.8 Å². The first kappa shape index (κ1) is 14.6. The summed E-state index contributed by atoms with van der Waals surface area (Å²) in [5.74, 6) is -5.17. The minimum atomic E-state index is -3.36. The fraction of sp³-hybridized carbons (Fsp3) is 0.727. The zero-order valence-corrected chi connectivity index (χ0v) is 16.1. The van der Waals surface area contributed by atoms with Crippen LogP contribution in [0.3, 0.4) is 0 Å². The molecule has 4 aliphatic rings. The van der Waals surface area contributed by atoms with Gasteiger partial charge in [0, 0.05) is 19.5 Å². The Morgan fingerprint density at radius 1 is 1.46 bits per heavy atom. The van der Waals surface area contributed by atoms with E-state index in [4.69, 9.17) is 6.85 Å². The second kappa shape index (κ2) is 5.83. The highest BCUT2D eigenvalue weighted by Crippen LogP contribution is 2.70. The number of ketones is 2. The van der Waals surface area contributed by atoms with Gasteiger partial charge in [-0.15, -0.1) is 0 Å². The van der Waals surface area contributed by atoms with Gasteiger partial charge in [0.2, 0.25) is 0 Å². The third-order valence-corrected chi connectivity index (χ3v) is 8.22. The number of rotatable bonds is 2. The summed E-state index contributed by atoms with van der Waals surface area (Å²) in [6.07, 6.45) is -2.76. The number of hydrogen-bond donors (Lipinski definition) is 3. The van der Waals surface area contributed by atoms with Crippen LogP contribution in [0.1, 0.15) is 53.3 Å². The summed E-state index contributed by atoms with van der Waals surface area (Å²) in [6.45, 7) is 0.946. The molecule has 6 heteroatoms. The van der Waals surface area contributed by atoms with Gasteiger partial charge in [0.1, 0.15) is 12.2 Å². The van der Waals surface area contributed by atoms with Crippen LogP contribution >= 0.6 is 0 Å². The van der Waals surface area contributed by atoms with Crippen molar-refractivity contribution in [2.45, 2.75) is 63.8 Å². The maximum Gasteiger partial charge on any atom is 0.190 e. The minimum absolute atomic E-state index is 0.0411. The van der Waals surface area contributed by atoms with Gasteiger partial charge >= 0.3 is 0 Å². The molecule has 0 aromatic rings.